The standard InChI is InChI=1S/C15H25N5O/c1-3-12-14(17-4-2)18-10-19-15(12)20(9-13(16)21)11-7-5-6-8-11/h10-11H,3-9H2,1-2H3,(H2,16,21)(H,17,18,19). The third-order valence-electron chi connectivity index (χ3n) is 3.98. The lowest BCUT2D eigenvalue weighted by Crippen LogP contribution is -2.41. The number of carbonyl (C=O) groups is 1. The monoisotopic (exact) mass is 291 g/mol. The molecule has 1 aromatic rings. The number of nitrogens with zero attached hydrogens (tertiary/aromatic N) is 3. The summed E-state index contributed by atoms with van der Waals surface area (Å²) in [5, 5.41) is 3.27. The number of hydrogen-bond donors (Lipinski definition) is 2. The number of carbonyl (C=O) groups excluding carboxylic acids is 1. The van der Waals surface area contributed by atoms with Crippen LogP contribution in [0.4, 0.5) is 11.6 Å². The van der Waals surface area contributed by atoms with Crippen LogP contribution >= 0.6 is 0 Å². The van der Waals surface area contributed by atoms with Crippen LogP contribution in [0.3, 0.4) is 0 Å². The normalized spacial score (nSPS) is 15.1. The second kappa shape index (κ2) is 7.24. The molecule has 3 N–H and O–H groups in total. The van der Waals surface area contributed by atoms with Crippen LogP contribution in [0.15, 0.2) is 6.33 Å². The van der Waals surface area contributed by atoms with Gasteiger partial charge in [0.05, 0.1) is 6.54 Å². The van der Waals surface area contributed by atoms with Crippen LogP contribution in [0.25, 0.3) is 0 Å². The first-order valence-electron chi connectivity index (χ1n) is 7.80. The molecule has 1 aliphatic carbocycles. The predicted molar refractivity (Wildman–Crippen MR) is 84.4 cm³/mol. The first kappa shape index (κ1) is 15.5. The van der Waals surface area contributed by atoms with Crippen molar-refractivity contribution in [2.45, 2.75) is 52.0 Å². The minimum Gasteiger partial charge on any atom is -0.370 e. The van der Waals surface area contributed by atoms with Crippen molar-refractivity contribution in [1.82, 2.24) is 9.97 Å². The molecule has 1 saturated carbocycles. The van der Waals surface area contributed by atoms with E-state index in [9.17, 15) is 4.79 Å². The van der Waals surface area contributed by atoms with E-state index >= 15 is 0 Å². The molecule has 0 aromatic carbocycles. The van der Waals surface area contributed by atoms with E-state index in [1.54, 1.807) is 6.33 Å². The van der Waals surface area contributed by atoms with Crippen molar-refractivity contribution in [3.8, 4) is 0 Å². The molecule has 1 fully saturated rings. The maximum atomic E-state index is 11.5. The van der Waals surface area contributed by atoms with Crippen LogP contribution in [0.1, 0.15) is 45.1 Å². The quantitative estimate of drug-likeness (QED) is 0.799. The largest absolute Gasteiger partial charge is 0.370 e. The lowest BCUT2D eigenvalue weighted by molar-refractivity contribution is -0.116. The average molecular weight is 291 g/mol. The molecule has 0 bridgehead atoms. The van der Waals surface area contributed by atoms with E-state index < -0.39 is 0 Å². The molecule has 116 valence electrons. The number of amides is 1. The van der Waals surface area contributed by atoms with Gasteiger partial charge in [-0.25, -0.2) is 9.97 Å². The summed E-state index contributed by atoms with van der Waals surface area (Å²) < 4.78 is 0. The molecular weight excluding hydrogens is 266 g/mol. The SMILES string of the molecule is CCNc1ncnc(N(CC(N)=O)C2CCCC2)c1CC. The van der Waals surface area contributed by atoms with Crippen molar-refractivity contribution in [3.63, 3.8) is 0 Å². The molecule has 1 amide bonds. The van der Waals surface area contributed by atoms with E-state index in [2.05, 4.69) is 27.1 Å². The van der Waals surface area contributed by atoms with Crippen molar-refractivity contribution >= 4 is 17.5 Å². The van der Waals surface area contributed by atoms with Gasteiger partial charge in [0.2, 0.25) is 5.91 Å². The van der Waals surface area contributed by atoms with E-state index in [4.69, 9.17) is 5.73 Å². The summed E-state index contributed by atoms with van der Waals surface area (Å²) in [6.07, 6.45) is 6.98. The molecule has 2 rings (SSSR count). The maximum Gasteiger partial charge on any atom is 0.237 e. The van der Waals surface area contributed by atoms with Crippen LogP contribution in [-0.4, -0.2) is 35.0 Å². The Kier molecular flexibility index (Phi) is 5.36. The number of hydrogen-bond acceptors (Lipinski definition) is 5. The van der Waals surface area contributed by atoms with Gasteiger partial charge in [-0.1, -0.05) is 19.8 Å². The van der Waals surface area contributed by atoms with Gasteiger partial charge < -0.3 is 16.0 Å². The number of anilines is 2. The van der Waals surface area contributed by atoms with Crippen LogP contribution in [0, 0.1) is 0 Å². The highest BCUT2D eigenvalue weighted by molar-refractivity contribution is 5.80. The Morgan fingerprint density at radius 3 is 2.67 bits per heavy atom. The molecular formula is C15H25N5O. The molecule has 0 aliphatic heterocycles. The first-order chi connectivity index (χ1) is 10.2. The van der Waals surface area contributed by atoms with Crippen LogP contribution in [0.5, 0.6) is 0 Å². The summed E-state index contributed by atoms with van der Waals surface area (Å²) in [5.41, 5.74) is 6.51. The maximum absolute atomic E-state index is 11.5. The lowest BCUT2D eigenvalue weighted by Gasteiger charge is -2.30. The van der Waals surface area contributed by atoms with Crippen LogP contribution in [0.2, 0.25) is 0 Å². The first-order valence-corrected chi connectivity index (χ1v) is 7.80. The van der Waals surface area contributed by atoms with E-state index in [0.717, 1.165) is 43.0 Å². The number of aromatic nitrogens is 2. The average Bonchev–Trinajstić information content (AvgIpc) is 2.98. The Bertz CT molecular complexity index is 485. The van der Waals surface area contributed by atoms with Gasteiger partial charge in [0.25, 0.3) is 0 Å². The van der Waals surface area contributed by atoms with Crippen molar-refractivity contribution in [2.24, 2.45) is 5.73 Å². The molecule has 0 unspecified atom stereocenters. The predicted octanol–water partition coefficient (Wildman–Crippen LogP) is 1.71. The summed E-state index contributed by atoms with van der Waals surface area (Å²) in [6.45, 7) is 5.16. The Balaban J connectivity index is 2.37. The van der Waals surface area contributed by atoms with Gasteiger partial charge in [-0.05, 0) is 26.2 Å². The summed E-state index contributed by atoms with van der Waals surface area (Å²) in [5.74, 6) is 1.40. The topological polar surface area (TPSA) is 84.1 Å². The van der Waals surface area contributed by atoms with Gasteiger partial charge in [0, 0.05) is 18.2 Å². The Labute approximate surface area is 126 Å². The zero-order chi connectivity index (χ0) is 15.2. The van der Waals surface area contributed by atoms with Crippen molar-refractivity contribution in [3.05, 3.63) is 11.9 Å². The number of rotatable bonds is 7. The molecule has 6 nitrogen and oxygen atoms in total. The third kappa shape index (κ3) is 3.62. The fraction of sp³-hybridized carbons (Fsp3) is 0.667. The Morgan fingerprint density at radius 1 is 1.38 bits per heavy atom. The molecule has 0 atom stereocenters. The molecule has 21 heavy (non-hydrogen) atoms. The third-order valence-corrected chi connectivity index (χ3v) is 3.98. The Morgan fingerprint density at radius 2 is 2.10 bits per heavy atom. The second-order valence-corrected chi connectivity index (χ2v) is 5.44. The van der Waals surface area contributed by atoms with E-state index in [1.165, 1.54) is 12.8 Å². The molecule has 0 radical (unpaired) electrons. The molecule has 0 saturated heterocycles. The number of nitrogens with two attached hydrogens (primary N) is 1. The van der Waals surface area contributed by atoms with Crippen LogP contribution < -0.4 is 16.0 Å². The van der Waals surface area contributed by atoms with Gasteiger partial charge in [0.1, 0.15) is 18.0 Å². The molecule has 0 spiro atoms. The number of primary amides is 1. The van der Waals surface area contributed by atoms with Gasteiger partial charge in [-0.3, -0.25) is 4.79 Å². The highest BCUT2D eigenvalue weighted by Crippen LogP contribution is 2.31. The summed E-state index contributed by atoms with van der Waals surface area (Å²) in [4.78, 5) is 22.3. The summed E-state index contributed by atoms with van der Waals surface area (Å²) in [6, 6.07) is 0.354. The zero-order valence-corrected chi connectivity index (χ0v) is 12.9. The number of nitrogens with one attached hydrogen (secondary N) is 1. The molecule has 1 aromatic heterocycles. The van der Waals surface area contributed by atoms with E-state index in [0.29, 0.717) is 6.04 Å². The summed E-state index contributed by atoms with van der Waals surface area (Å²) in [7, 11) is 0. The molecule has 1 aliphatic rings. The highest BCUT2D eigenvalue weighted by atomic mass is 16.1. The van der Waals surface area contributed by atoms with E-state index in [1.807, 2.05) is 6.92 Å². The Hall–Kier alpha value is -1.85. The van der Waals surface area contributed by atoms with Gasteiger partial charge in [0.15, 0.2) is 0 Å². The highest BCUT2D eigenvalue weighted by Gasteiger charge is 2.27. The van der Waals surface area contributed by atoms with Crippen molar-refractivity contribution in [2.75, 3.05) is 23.3 Å². The minimum atomic E-state index is -0.312. The van der Waals surface area contributed by atoms with Crippen LogP contribution in [-0.2, 0) is 11.2 Å². The second-order valence-electron chi connectivity index (χ2n) is 5.44. The minimum absolute atomic E-state index is 0.222. The lowest BCUT2D eigenvalue weighted by atomic mass is 10.1. The van der Waals surface area contributed by atoms with Gasteiger partial charge in [-0.2, -0.15) is 0 Å². The van der Waals surface area contributed by atoms with Crippen molar-refractivity contribution < 1.29 is 4.79 Å². The fourth-order valence-electron chi connectivity index (χ4n) is 3.06. The summed E-state index contributed by atoms with van der Waals surface area (Å²) >= 11 is 0. The van der Waals surface area contributed by atoms with Gasteiger partial charge in [-0.15, -0.1) is 0 Å². The molecule has 1 heterocycles. The molecule has 6 heteroatoms. The fourth-order valence-corrected chi connectivity index (χ4v) is 3.06. The van der Waals surface area contributed by atoms with E-state index in [-0.39, 0.29) is 12.5 Å². The van der Waals surface area contributed by atoms with Crippen molar-refractivity contribution in [1.29, 1.82) is 0 Å². The smallest absolute Gasteiger partial charge is 0.237 e. The van der Waals surface area contributed by atoms with Gasteiger partial charge >= 0.3 is 0 Å². The zero-order valence-electron chi connectivity index (χ0n) is 12.9.